The van der Waals surface area contributed by atoms with Gasteiger partial charge in [-0.3, -0.25) is 9.69 Å². The van der Waals surface area contributed by atoms with E-state index in [1.807, 2.05) is 4.90 Å². The summed E-state index contributed by atoms with van der Waals surface area (Å²) in [5.41, 5.74) is 0. The summed E-state index contributed by atoms with van der Waals surface area (Å²) < 4.78 is 0. The van der Waals surface area contributed by atoms with Crippen molar-refractivity contribution < 1.29 is 9.90 Å². The highest BCUT2D eigenvalue weighted by atomic mass is 16.3. The molecule has 0 aromatic rings. The van der Waals surface area contributed by atoms with Gasteiger partial charge in [-0.1, -0.05) is 0 Å². The second-order valence-corrected chi connectivity index (χ2v) is 3.19. The number of aliphatic hydroxyl groups excluding tert-OH is 1. The Bertz CT molecular complexity index is 183. The van der Waals surface area contributed by atoms with Crippen LogP contribution in [0.2, 0.25) is 0 Å². The highest BCUT2D eigenvalue weighted by molar-refractivity contribution is 5.82. The number of aliphatic hydroxyl groups is 1. The van der Waals surface area contributed by atoms with Gasteiger partial charge in [0.15, 0.2) is 0 Å². The van der Waals surface area contributed by atoms with Gasteiger partial charge in [-0.25, -0.2) is 0 Å². The van der Waals surface area contributed by atoms with E-state index in [0.717, 1.165) is 13.1 Å². The molecule has 0 spiro atoms. The Morgan fingerprint density at radius 1 is 1.64 bits per heavy atom. The van der Waals surface area contributed by atoms with Gasteiger partial charge < -0.3 is 10.4 Å². The summed E-state index contributed by atoms with van der Waals surface area (Å²) >= 11 is 0. The van der Waals surface area contributed by atoms with Gasteiger partial charge in [0.2, 0.25) is 5.91 Å². The third-order valence-corrected chi connectivity index (χ3v) is 2.38. The fourth-order valence-corrected chi connectivity index (χ4v) is 1.84. The first kappa shape index (κ1) is 7.06. The second-order valence-electron chi connectivity index (χ2n) is 3.19. The third-order valence-electron chi connectivity index (χ3n) is 2.38. The maximum absolute atomic E-state index is 11.2. The molecule has 2 fully saturated rings. The Morgan fingerprint density at radius 3 is 3.18 bits per heavy atom. The van der Waals surface area contributed by atoms with Crippen LogP contribution in [0.5, 0.6) is 0 Å². The first-order chi connectivity index (χ1) is 5.27. The highest BCUT2D eigenvalue weighted by Gasteiger charge is 2.37. The van der Waals surface area contributed by atoms with E-state index >= 15 is 0 Å². The molecule has 0 radical (unpaired) electrons. The minimum atomic E-state index is -0.302. The molecule has 2 rings (SSSR count). The lowest BCUT2D eigenvalue weighted by Crippen LogP contribution is -2.51. The van der Waals surface area contributed by atoms with E-state index in [4.69, 9.17) is 0 Å². The van der Waals surface area contributed by atoms with Crippen molar-refractivity contribution in [3.63, 3.8) is 0 Å². The van der Waals surface area contributed by atoms with Gasteiger partial charge in [0.25, 0.3) is 0 Å². The summed E-state index contributed by atoms with van der Waals surface area (Å²) in [4.78, 5) is 13.2. The van der Waals surface area contributed by atoms with Crippen LogP contribution in [0.1, 0.15) is 6.42 Å². The smallest absolute Gasteiger partial charge is 0.237 e. The number of amides is 1. The first-order valence-electron chi connectivity index (χ1n) is 3.97. The van der Waals surface area contributed by atoms with Gasteiger partial charge in [-0.05, 0) is 6.42 Å². The van der Waals surface area contributed by atoms with Gasteiger partial charge in [-0.2, -0.15) is 0 Å². The zero-order valence-electron chi connectivity index (χ0n) is 6.29. The van der Waals surface area contributed by atoms with E-state index in [-0.39, 0.29) is 18.1 Å². The van der Waals surface area contributed by atoms with Crippen molar-refractivity contribution in [2.24, 2.45) is 0 Å². The van der Waals surface area contributed by atoms with E-state index in [0.29, 0.717) is 13.0 Å². The molecule has 0 aromatic carbocycles. The minimum Gasteiger partial charge on any atom is -0.392 e. The van der Waals surface area contributed by atoms with E-state index in [1.54, 1.807) is 0 Å². The summed E-state index contributed by atoms with van der Waals surface area (Å²) in [5.74, 6) is 0.0767. The molecular formula is C7H12N2O2. The van der Waals surface area contributed by atoms with Crippen LogP contribution in [-0.4, -0.2) is 47.7 Å². The summed E-state index contributed by atoms with van der Waals surface area (Å²) in [7, 11) is 0. The normalized spacial score (nSPS) is 38.5. The molecule has 2 atom stereocenters. The predicted octanol–water partition coefficient (Wildman–Crippen LogP) is -1.45. The Kier molecular flexibility index (Phi) is 1.58. The number of rotatable bonds is 0. The molecule has 0 aromatic heterocycles. The molecule has 2 saturated heterocycles. The van der Waals surface area contributed by atoms with Crippen molar-refractivity contribution in [1.29, 1.82) is 0 Å². The summed E-state index contributed by atoms with van der Waals surface area (Å²) in [6, 6.07) is -0.0567. The van der Waals surface area contributed by atoms with Crippen molar-refractivity contribution in [1.82, 2.24) is 10.2 Å². The van der Waals surface area contributed by atoms with Crippen LogP contribution in [-0.2, 0) is 4.79 Å². The standard InChI is InChI=1S/C7H12N2O2/c10-5-3-6-7(11)8-1-2-9(6)4-5/h5-6,10H,1-4H2,(H,8,11)/t5-,6+/m1/s1. The molecule has 4 nitrogen and oxygen atoms in total. The molecule has 2 heterocycles. The molecule has 11 heavy (non-hydrogen) atoms. The van der Waals surface area contributed by atoms with Crippen LogP contribution in [0.4, 0.5) is 0 Å². The van der Waals surface area contributed by atoms with Crippen LogP contribution in [0.15, 0.2) is 0 Å². The highest BCUT2D eigenvalue weighted by Crippen LogP contribution is 2.19. The quantitative estimate of drug-likeness (QED) is 0.451. The van der Waals surface area contributed by atoms with Crippen molar-refractivity contribution >= 4 is 5.91 Å². The lowest BCUT2D eigenvalue weighted by atomic mass is 10.1. The van der Waals surface area contributed by atoms with Gasteiger partial charge in [-0.15, -0.1) is 0 Å². The van der Waals surface area contributed by atoms with Crippen LogP contribution < -0.4 is 5.32 Å². The lowest BCUT2D eigenvalue weighted by Gasteiger charge is -2.28. The second kappa shape index (κ2) is 2.46. The number of hydrogen-bond donors (Lipinski definition) is 2. The van der Waals surface area contributed by atoms with Crippen LogP contribution in [0.3, 0.4) is 0 Å². The Hall–Kier alpha value is -0.610. The summed E-state index contributed by atoms with van der Waals surface area (Å²) in [6.07, 6.45) is 0.301. The predicted molar refractivity (Wildman–Crippen MR) is 39.0 cm³/mol. The number of hydrogen-bond acceptors (Lipinski definition) is 3. The zero-order valence-corrected chi connectivity index (χ0v) is 6.29. The monoisotopic (exact) mass is 156 g/mol. The van der Waals surface area contributed by atoms with Gasteiger partial charge in [0.1, 0.15) is 0 Å². The van der Waals surface area contributed by atoms with Gasteiger partial charge in [0, 0.05) is 19.6 Å². The molecule has 0 unspecified atom stereocenters. The summed E-state index contributed by atoms with van der Waals surface area (Å²) in [5, 5.41) is 12.0. The number of carbonyl (C=O) groups is 1. The fourth-order valence-electron chi connectivity index (χ4n) is 1.84. The van der Waals surface area contributed by atoms with Crippen LogP contribution in [0.25, 0.3) is 0 Å². The average molecular weight is 156 g/mol. The van der Waals surface area contributed by atoms with Crippen molar-refractivity contribution in [3.8, 4) is 0 Å². The number of fused-ring (bicyclic) bond motifs is 1. The molecule has 0 aliphatic carbocycles. The number of nitrogens with zero attached hydrogens (tertiary/aromatic N) is 1. The maximum Gasteiger partial charge on any atom is 0.237 e. The first-order valence-corrected chi connectivity index (χ1v) is 3.97. The van der Waals surface area contributed by atoms with Crippen molar-refractivity contribution in [2.75, 3.05) is 19.6 Å². The largest absolute Gasteiger partial charge is 0.392 e. The molecule has 0 saturated carbocycles. The molecule has 2 aliphatic rings. The number of nitrogens with one attached hydrogen (secondary N) is 1. The van der Waals surface area contributed by atoms with E-state index in [1.165, 1.54) is 0 Å². The number of carbonyl (C=O) groups excluding carboxylic acids is 1. The Labute approximate surface area is 65.2 Å². The molecule has 4 heteroatoms. The van der Waals surface area contributed by atoms with Crippen molar-refractivity contribution in [3.05, 3.63) is 0 Å². The molecule has 2 N–H and O–H groups in total. The third kappa shape index (κ3) is 1.12. The van der Waals surface area contributed by atoms with Gasteiger partial charge >= 0.3 is 0 Å². The van der Waals surface area contributed by atoms with Crippen LogP contribution in [0, 0.1) is 0 Å². The minimum absolute atomic E-state index is 0.0567. The Balaban J connectivity index is 2.09. The molecule has 62 valence electrons. The Morgan fingerprint density at radius 2 is 2.45 bits per heavy atom. The van der Waals surface area contributed by atoms with E-state index in [9.17, 15) is 9.90 Å². The van der Waals surface area contributed by atoms with Crippen LogP contribution >= 0.6 is 0 Å². The topological polar surface area (TPSA) is 52.6 Å². The number of piperazine rings is 1. The molecule has 2 aliphatic heterocycles. The fraction of sp³-hybridized carbons (Fsp3) is 0.857. The SMILES string of the molecule is O=C1NCCN2C[C@H](O)C[C@@H]12. The van der Waals surface area contributed by atoms with E-state index < -0.39 is 0 Å². The lowest BCUT2D eigenvalue weighted by molar-refractivity contribution is -0.127. The average Bonchev–Trinajstić information content (AvgIpc) is 2.31. The maximum atomic E-state index is 11.2. The molecule has 0 bridgehead atoms. The zero-order chi connectivity index (χ0) is 7.84. The van der Waals surface area contributed by atoms with Crippen molar-refractivity contribution in [2.45, 2.75) is 18.6 Å². The van der Waals surface area contributed by atoms with Gasteiger partial charge in [0.05, 0.1) is 12.1 Å². The molecular weight excluding hydrogens is 144 g/mol. The van der Waals surface area contributed by atoms with E-state index in [2.05, 4.69) is 5.32 Å². The summed E-state index contributed by atoms with van der Waals surface area (Å²) in [6.45, 7) is 2.27. The molecule has 1 amide bonds.